The maximum atomic E-state index is 12.4. The molecule has 0 radical (unpaired) electrons. The van der Waals surface area contributed by atoms with Gasteiger partial charge in [-0.1, -0.05) is 18.2 Å². The van der Waals surface area contributed by atoms with Gasteiger partial charge in [0, 0.05) is 12.1 Å². The molecule has 0 bridgehead atoms. The van der Waals surface area contributed by atoms with Crippen LogP contribution in [0, 0.1) is 5.92 Å². The van der Waals surface area contributed by atoms with Crippen molar-refractivity contribution in [1.29, 1.82) is 0 Å². The summed E-state index contributed by atoms with van der Waals surface area (Å²) in [5.41, 5.74) is 0.347. The van der Waals surface area contributed by atoms with Crippen LogP contribution >= 0.6 is 0 Å². The molecule has 1 aromatic heterocycles. The fraction of sp³-hybridized carbons (Fsp3) is 0.364. The van der Waals surface area contributed by atoms with Crippen LogP contribution in [0.2, 0.25) is 0 Å². The lowest BCUT2D eigenvalue weighted by molar-refractivity contribution is -0.0129. The lowest BCUT2D eigenvalue weighted by atomic mass is 9.79. The van der Waals surface area contributed by atoms with Crippen LogP contribution in [0.25, 0.3) is 11.1 Å². The van der Waals surface area contributed by atoms with Gasteiger partial charge in [-0.3, -0.25) is 9.78 Å². The topological polar surface area (TPSA) is 105 Å². The molecule has 1 amide bonds. The van der Waals surface area contributed by atoms with Crippen molar-refractivity contribution in [3.8, 4) is 5.75 Å². The summed E-state index contributed by atoms with van der Waals surface area (Å²) >= 11 is 0. The quantitative estimate of drug-likeness (QED) is 0.594. The molecule has 3 aromatic rings. The second kappa shape index (κ2) is 8.13. The number of H-pyrrole nitrogens is 1. The third kappa shape index (κ3) is 4.68. The average molecular weight is 396 g/mol. The van der Waals surface area contributed by atoms with E-state index in [4.69, 9.17) is 9.15 Å². The van der Waals surface area contributed by atoms with Gasteiger partial charge in [-0.05, 0) is 61.9 Å². The molecule has 1 fully saturated rings. The highest BCUT2D eigenvalue weighted by atomic mass is 16.5. The molecule has 4 rings (SSSR count). The number of hydrogen-bond donors (Lipinski definition) is 3. The molecule has 7 nitrogen and oxygen atoms in total. The molecule has 1 saturated carbocycles. The number of para-hydroxylation sites is 1. The summed E-state index contributed by atoms with van der Waals surface area (Å²) in [5, 5.41) is 13.6. The molecule has 0 spiro atoms. The minimum atomic E-state index is -0.913. The van der Waals surface area contributed by atoms with Crippen molar-refractivity contribution in [2.75, 3.05) is 13.2 Å². The predicted molar refractivity (Wildman–Crippen MR) is 108 cm³/mol. The lowest BCUT2D eigenvalue weighted by Gasteiger charge is -2.36. The number of fused-ring (bicyclic) bond motifs is 1. The van der Waals surface area contributed by atoms with E-state index < -0.39 is 11.4 Å². The Labute approximate surface area is 167 Å². The van der Waals surface area contributed by atoms with Crippen LogP contribution in [-0.4, -0.2) is 34.8 Å². The number of benzene rings is 2. The van der Waals surface area contributed by atoms with Gasteiger partial charge >= 0.3 is 5.76 Å². The Hall–Kier alpha value is -3.06. The molecular weight excluding hydrogens is 372 g/mol. The van der Waals surface area contributed by atoms with E-state index in [0.29, 0.717) is 42.0 Å². The van der Waals surface area contributed by atoms with E-state index in [1.54, 1.807) is 12.1 Å². The molecule has 7 heteroatoms. The van der Waals surface area contributed by atoms with E-state index in [-0.39, 0.29) is 12.5 Å². The number of oxazole rings is 1. The van der Waals surface area contributed by atoms with Gasteiger partial charge in [0.1, 0.15) is 5.75 Å². The maximum absolute atomic E-state index is 12.4. The third-order valence-electron chi connectivity index (χ3n) is 5.53. The molecular formula is C22H24N2O5. The maximum Gasteiger partial charge on any atom is 0.417 e. The van der Waals surface area contributed by atoms with Gasteiger partial charge in [0.15, 0.2) is 5.58 Å². The molecule has 3 N–H and O–H groups in total. The van der Waals surface area contributed by atoms with Crippen LogP contribution in [0.4, 0.5) is 0 Å². The average Bonchev–Trinajstić information content (AvgIpc) is 3.12. The van der Waals surface area contributed by atoms with Crippen molar-refractivity contribution < 1.29 is 19.1 Å². The summed E-state index contributed by atoms with van der Waals surface area (Å²) in [6.07, 6.45) is 2.92. The van der Waals surface area contributed by atoms with Gasteiger partial charge in [0.2, 0.25) is 0 Å². The minimum absolute atomic E-state index is 0.188. The summed E-state index contributed by atoms with van der Waals surface area (Å²) in [6, 6.07) is 14.5. The zero-order valence-electron chi connectivity index (χ0n) is 16.0. The summed E-state index contributed by atoms with van der Waals surface area (Å²) in [6.45, 7) is 0.821. The van der Waals surface area contributed by atoms with Gasteiger partial charge < -0.3 is 19.6 Å². The van der Waals surface area contributed by atoms with Crippen LogP contribution in [0.15, 0.2) is 57.7 Å². The summed E-state index contributed by atoms with van der Waals surface area (Å²) in [4.78, 5) is 26.2. The van der Waals surface area contributed by atoms with Crippen molar-refractivity contribution >= 4 is 17.0 Å². The van der Waals surface area contributed by atoms with Gasteiger partial charge in [-0.15, -0.1) is 0 Å². The number of aliphatic hydroxyl groups is 1. The van der Waals surface area contributed by atoms with Crippen LogP contribution in [0.3, 0.4) is 0 Å². The van der Waals surface area contributed by atoms with Crippen LogP contribution in [0.1, 0.15) is 36.0 Å². The number of ether oxygens (including phenoxy) is 1. The van der Waals surface area contributed by atoms with Crippen molar-refractivity contribution in [3.63, 3.8) is 0 Å². The number of rotatable bonds is 6. The number of hydrogen-bond acceptors (Lipinski definition) is 5. The largest absolute Gasteiger partial charge is 0.493 e. The Bertz CT molecular complexity index is 1030. The van der Waals surface area contributed by atoms with Gasteiger partial charge in [-0.25, -0.2) is 4.79 Å². The molecule has 0 aliphatic heterocycles. The summed E-state index contributed by atoms with van der Waals surface area (Å²) < 4.78 is 10.8. The van der Waals surface area contributed by atoms with Crippen molar-refractivity contribution in [1.82, 2.24) is 10.3 Å². The first kappa shape index (κ1) is 19.3. The Balaban J connectivity index is 1.27. The van der Waals surface area contributed by atoms with Crippen molar-refractivity contribution in [2.24, 2.45) is 5.92 Å². The molecule has 0 unspecified atom stereocenters. The molecule has 0 atom stereocenters. The first-order valence-electron chi connectivity index (χ1n) is 9.82. The number of nitrogens with one attached hydrogen (secondary N) is 2. The molecule has 29 heavy (non-hydrogen) atoms. The Morgan fingerprint density at radius 2 is 1.97 bits per heavy atom. The fourth-order valence-electron chi connectivity index (χ4n) is 3.72. The number of amides is 1. The first-order chi connectivity index (χ1) is 14.0. The number of carbonyl (C=O) groups is 1. The Morgan fingerprint density at radius 3 is 2.72 bits per heavy atom. The fourth-order valence-corrected chi connectivity index (χ4v) is 3.72. The lowest BCUT2D eigenvalue weighted by Crippen LogP contribution is -2.45. The number of aromatic amines is 1. The third-order valence-corrected chi connectivity index (χ3v) is 5.53. The van der Waals surface area contributed by atoms with E-state index in [1.807, 2.05) is 30.3 Å². The molecule has 152 valence electrons. The molecule has 0 saturated heterocycles. The standard InChI is InChI=1S/C22H24N2O5/c25-20(16-6-7-18-19(12-16)29-21(26)24-18)23-14-22(27)10-8-15(9-11-22)13-28-17-4-2-1-3-5-17/h1-7,12,15,27H,8-11,13-14H2,(H,23,25)(H,24,26). The first-order valence-corrected chi connectivity index (χ1v) is 9.82. The normalized spacial score (nSPS) is 21.8. The Morgan fingerprint density at radius 1 is 1.21 bits per heavy atom. The number of aromatic nitrogens is 1. The molecule has 1 aliphatic rings. The summed E-state index contributed by atoms with van der Waals surface area (Å²) in [7, 11) is 0. The van der Waals surface area contributed by atoms with Crippen LogP contribution < -0.4 is 15.8 Å². The highest BCUT2D eigenvalue weighted by Crippen LogP contribution is 2.32. The number of carbonyl (C=O) groups excluding carboxylic acids is 1. The highest BCUT2D eigenvalue weighted by molar-refractivity contribution is 5.97. The van der Waals surface area contributed by atoms with E-state index in [2.05, 4.69) is 10.3 Å². The zero-order valence-corrected chi connectivity index (χ0v) is 16.0. The van der Waals surface area contributed by atoms with Gasteiger partial charge in [0.05, 0.1) is 17.7 Å². The molecule has 1 heterocycles. The van der Waals surface area contributed by atoms with Crippen molar-refractivity contribution in [2.45, 2.75) is 31.3 Å². The van der Waals surface area contributed by atoms with E-state index in [0.717, 1.165) is 18.6 Å². The molecule has 2 aromatic carbocycles. The second-order valence-corrected chi connectivity index (χ2v) is 7.70. The molecule has 1 aliphatic carbocycles. The second-order valence-electron chi connectivity index (χ2n) is 7.70. The van der Waals surface area contributed by atoms with E-state index in [9.17, 15) is 14.7 Å². The Kier molecular flexibility index (Phi) is 5.40. The SMILES string of the molecule is O=C(NCC1(O)CCC(COc2ccccc2)CC1)c1ccc2[nH]c(=O)oc2c1. The van der Waals surface area contributed by atoms with Crippen LogP contribution in [0.5, 0.6) is 5.75 Å². The minimum Gasteiger partial charge on any atom is -0.493 e. The van der Waals surface area contributed by atoms with Gasteiger partial charge in [0.25, 0.3) is 5.91 Å². The smallest absolute Gasteiger partial charge is 0.417 e. The van der Waals surface area contributed by atoms with Crippen LogP contribution in [-0.2, 0) is 0 Å². The van der Waals surface area contributed by atoms with E-state index in [1.165, 1.54) is 6.07 Å². The van der Waals surface area contributed by atoms with Crippen molar-refractivity contribution in [3.05, 3.63) is 64.6 Å². The predicted octanol–water partition coefficient (Wildman–Crippen LogP) is 2.85. The highest BCUT2D eigenvalue weighted by Gasteiger charge is 2.33. The zero-order chi connectivity index (χ0) is 20.3. The monoisotopic (exact) mass is 396 g/mol. The summed E-state index contributed by atoms with van der Waals surface area (Å²) in [5.74, 6) is 0.388. The van der Waals surface area contributed by atoms with E-state index >= 15 is 0 Å². The van der Waals surface area contributed by atoms with Gasteiger partial charge in [-0.2, -0.15) is 0 Å².